The Balaban J connectivity index is 2.79. The third-order valence-electron chi connectivity index (χ3n) is 4.68. The van der Waals surface area contributed by atoms with Gasteiger partial charge in [0.15, 0.2) is 0 Å². The monoisotopic (exact) mass is 247 g/mol. The largest absolute Gasteiger partial charge is 0.260 e. The van der Waals surface area contributed by atoms with Gasteiger partial charge in [-0.1, -0.05) is 53.5 Å². The maximum Gasteiger partial charge on any atom is 0.0462 e. The van der Waals surface area contributed by atoms with Crippen molar-refractivity contribution < 1.29 is 0 Å². The van der Waals surface area contributed by atoms with Crippen LogP contribution in [0.1, 0.15) is 71.6 Å². The number of hydrogen-bond acceptors (Lipinski definition) is 1. The van der Waals surface area contributed by atoms with Crippen molar-refractivity contribution in [3.05, 3.63) is 29.6 Å². The zero-order chi connectivity index (χ0) is 13.6. The molecule has 0 aromatic carbocycles. The Hall–Kier alpha value is -0.850. The third kappa shape index (κ3) is 3.57. The summed E-state index contributed by atoms with van der Waals surface area (Å²) in [6.07, 6.45) is 8.11. The Bertz CT molecular complexity index is 331. The molecule has 0 N–H and O–H groups in total. The first kappa shape index (κ1) is 15.2. The normalized spacial score (nSPS) is 12.1. The van der Waals surface area contributed by atoms with Crippen LogP contribution in [0.5, 0.6) is 0 Å². The van der Waals surface area contributed by atoms with Gasteiger partial charge in [-0.05, 0) is 36.8 Å². The highest BCUT2D eigenvalue weighted by molar-refractivity contribution is 5.20. The van der Waals surface area contributed by atoms with Gasteiger partial charge in [0.05, 0.1) is 0 Å². The van der Waals surface area contributed by atoms with Crippen LogP contribution < -0.4 is 0 Å². The molecule has 0 aliphatic carbocycles. The molecule has 102 valence electrons. The van der Waals surface area contributed by atoms with Crippen molar-refractivity contribution in [2.75, 3.05) is 0 Å². The maximum atomic E-state index is 4.71. The zero-order valence-corrected chi connectivity index (χ0v) is 12.8. The molecule has 0 aliphatic rings. The molecule has 1 aromatic heterocycles. The number of hydrogen-bond donors (Lipinski definition) is 0. The Morgan fingerprint density at radius 3 is 2.06 bits per heavy atom. The molecule has 1 heterocycles. The lowest BCUT2D eigenvalue weighted by Gasteiger charge is -2.26. The molecule has 0 unspecified atom stereocenters. The second kappa shape index (κ2) is 6.92. The molecule has 18 heavy (non-hydrogen) atoms. The van der Waals surface area contributed by atoms with Gasteiger partial charge in [-0.3, -0.25) is 4.98 Å². The van der Waals surface area contributed by atoms with Gasteiger partial charge in [0.2, 0.25) is 0 Å². The summed E-state index contributed by atoms with van der Waals surface area (Å²) < 4.78 is 0. The average molecular weight is 247 g/mol. The molecule has 0 spiro atoms. The van der Waals surface area contributed by atoms with Gasteiger partial charge >= 0.3 is 0 Å². The summed E-state index contributed by atoms with van der Waals surface area (Å²) in [5.74, 6) is 0.807. The maximum absolute atomic E-state index is 4.71. The average Bonchev–Trinajstić information content (AvgIpc) is 2.44. The van der Waals surface area contributed by atoms with E-state index in [0.29, 0.717) is 0 Å². The lowest BCUT2D eigenvalue weighted by molar-refractivity contribution is 0.425. The Kier molecular flexibility index (Phi) is 5.84. The molecule has 0 radical (unpaired) electrons. The molecule has 0 fully saturated rings. The van der Waals surface area contributed by atoms with Crippen molar-refractivity contribution in [2.24, 2.45) is 5.92 Å². The van der Waals surface area contributed by atoms with Crippen LogP contribution in [-0.4, -0.2) is 4.98 Å². The highest BCUT2D eigenvalue weighted by Gasteiger charge is 2.23. The van der Waals surface area contributed by atoms with Crippen LogP contribution in [0.3, 0.4) is 0 Å². The molecular weight excluding hydrogens is 218 g/mol. The molecule has 0 amide bonds. The van der Waals surface area contributed by atoms with Crippen molar-refractivity contribution in [3.8, 4) is 0 Å². The van der Waals surface area contributed by atoms with Gasteiger partial charge in [-0.15, -0.1) is 0 Å². The van der Waals surface area contributed by atoms with Crippen LogP contribution in [0.2, 0.25) is 0 Å². The first-order valence-corrected chi connectivity index (χ1v) is 7.54. The fourth-order valence-corrected chi connectivity index (χ4v) is 2.43. The molecule has 1 heteroatoms. The van der Waals surface area contributed by atoms with E-state index < -0.39 is 0 Å². The van der Waals surface area contributed by atoms with Crippen LogP contribution >= 0.6 is 0 Å². The van der Waals surface area contributed by atoms with Crippen LogP contribution in [0.4, 0.5) is 0 Å². The standard InChI is InChI=1S/C17H29N/c1-6-14(7-2)12-15-10-11-16(18-13-15)17(5,8-3)9-4/h10-11,13-14H,6-9,12H2,1-5H3. The third-order valence-corrected chi connectivity index (χ3v) is 4.68. The van der Waals surface area contributed by atoms with E-state index in [4.69, 9.17) is 4.98 Å². The molecule has 0 aliphatic heterocycles. The fourth-order valence-electron chi connectivity index (χ4n) is 2.43. The lowest BCUT2D eigenvalue weighted by Crippen LogP contribution is -2.21. The number of aromatic nitrogens is 1. The number of pyridine rings is 1. The Morgan fingerprint density at radius 1 is 1.06 bits per heavy atom. The summed E-state index contributed by atoms with van der Waals surface area (Å²) in [6.45, 7) is 11.4. The van der Waals surface area contributed by atoms with Crippen molar-refractivity contribution in [2.45, 2.75) is 72.1 Å². The fraction of sp³-hybridized carbons (Fsp3) is 0.706. The molecule has 1 aromatic rings. The van der Waals surface area contributed by atoms with Crippen molar-refractivity contribution in [1.29, 1.82) is 0 Å². The Labute approximate surface area is 113 Å². The molecule has 1 nitrogen and oxygen atoms in total. The molecule has 0 saturated heterocycles. The quantitative estimate of drug-likeness (QED) is 0.650. The van der Waals surface area contributed by atoms with Crippen LogP contribution in [0.15, 0.2) is 18.3 Å². The SMILES string of the molecule is CCC(CC)Cc1ccc(C(C)(CC)CC)nc1. The molecule has 1 rings (SSSR count). The van der Waals surface area contributed by atoms with E-state index in [1.807, 2.05) is 0 Å². The van der Waals surface area contributed by atoms with E-state index in [2.05, 4.69) is 52.9 Å². The van der Waals surface area contributed by atoms with E-state index >= 15 is 0 Å². The summed E-state index contributed by atoms with van der Waals surface area (Å²) in [5.41, 5.74) is 2.88. The van der Waals surface area contributed by atoms with E-state index in [-0.39, 0.29) is 5.41 Å². The Morgan fingerprint density at radius 2 is 1.67 bits per heavy atom. The summed E-state index contributed by atoms with van der Waals surface area (Å²) in [7, 11) is 0. The minimum atomic E-state index is 0.243. The summed E-state index contributed by atoms with van der Waals surface area (Å²) in [6, 6.07) is 4.52. The number of nitrogens with zero attached hydrogens (tertiary/aromatic N) is 1. The summed E-state index contributed by atoms with van der Waals surface area (Å²) in [5, 5.41) is 0. The zero-order valence-electron chi connectivity index (χ0n) is 12.8. The van der Waals surface area contributed by atoms with Gasteiger partial charge in [0.25, 0.3) is 0 Å². The van der Waals surface area contributed by atoms with Crippen molar-refractivity contribution in [3.63, 3.8) is 0 Å². The molecule has 0 saturated carbocycles. The molecular formula is C17H29N. The topological polar surface area (TPSA) is 12.9 Å². The van der Waals surface area contributed by atoms with Crippen LogP contribution in [0.25, 0.3) is 0 Å². The van der Waals surface area contributed by atoms with Gasteiger partial charge < -0.3 is 0 Å². The predicted octanol–water partition coefficient (Wildman–Crippen LogP) is 5.14. The first-order valence-electron chi connectivity index (χ1n) is 7.54. The first-order chi connectivity index (χ1) is 8.59. The number of rotatable bonds is 7. The minimum absolute atomic E-state index is 0.243. The van der Waals surface area contributed by atoms with Gasteiger partial charge in [-0.2, -0.15) is 0 Å². The molecule has 0 atom stereocenters. The smallest absolute Gasteiger partial charge is 0.0462 e. The van der Waals surface area contributed by atoms with E-state index in [1.54, 1.807) is 0 Å². The highest BCUT2D eigenvalue weighted by Crippen LogP contribution is 2.29. The minimum Gasteiger partial charge on any atom is -0.260 e. The van der Waals surface area contributed by atoms with E-state index in [9.17, 15) is 0 Å². The van der Waals surface area contributed by atoms with Crippen molar-refractivity contribution in [1.82, 2.24) is 4.98 Å². The van der Waals surface area contributed by atoms with Crippen LogP contribution in [-0.2, 0) is 11.8 Å². The van der Waals surface area contributed by atoms with Crippen molar-refractivity contribution >= 4 is 0 Å². The highest BCUT2D eigenvalue weighted by atomic mass is 14.7. The molecule has 0 bridgehead atoms. The second-order valence-corrected chi connectivity index (χ2v) is 5.71. The summed E-state index contributed by atoms with van der Waals surface area (Å²) >= 11 is 0. The van der Waals surface area contributed by atoms with Crippen LogP contribution in [0, 0.1) is 5.92 Å². The van der Waals surface area contributed by atoms with Gasteiger partial charge in [0.1, 0.15) is 0 Å². The lowest BCUT2D eigenvalue weighted by atomic mass is 9.81. The van der Waals surface area contributed by atoms with E-state index in [1.165, 1.54) is 30.5 Å². The van der Waals surface area contributed by atoms with Gasteiger partial charge in [-0.25, -0.2) is 0 Å². The summed E-state index contributed by atoms with van der Waals surface area (Å²) in [4.78, 5) is 4.71. The van der Waals surface area contributed by atoms with Gasteiger partial charge in [0, 0.05) is 17.3 Å². The predicted molar refractivity (Wildman–Crippen MR) is 79.9 cm³/mol. The second-order valence-electron chi connectivity index (χ2n) is 5.71. The van der Waals surface area contributed by atoms with E-state index in [0.717, 1.165) is 18.8 Å².